The molecule has 0 fully saturated rings. The first-order valence-corrected chi connectivity index (χ1v) is 3.72. The van der Waals surface area contributed by atoms with Crippen LogP contribution < -0.4 is 0 Å². The molecule has 0 aliphatic heterocycles. The first-order valence-electron chi connectivity index (χ1n) is 3.72. The fourth-order valence-electron chi connectivity index (χ4n) is 0.986. The Morgan fingerprint density at radius 2 is 1.92 bits per heavy atom. The van der Waals surface area contributed by atoms with Crippen LogP contribution in [0.15, 0.2) is 49.1 Å². The second-order valence-corrected chi connectivity index (χ2v) is 2.33. The lowest BCUT2D eigenvalue weighted by molar-refractivity contribution is -0.104. The van der Waals surface area contributed by atoms with Crippen LogP contribution in [0.5, 0.6) is 0 Å². The van der Waals surface area contributed by atoms with Crippen LogP contribution in [0.2, 0.25) is 0 Å². The van der Waals surface area contributed by atoms with E-state index >= 15 is 0 Å². The minimum Gasteiger partial charge on any atom is -0.299 e. The van der Waals surface area contributed by atoms with Gasteiger partial charge in [0.25, 0.3) is 0 Å². The monoisotopic (exact) mass is 158 g/mol. The van der Waals surface area contributed by atoms with Crippen molar-refractivity contribution in [1.82, 2.24) is 0 Å². The Morgan fingerprint density at radius 1 is 1.25 bits per heavy atom. The van der Waals surface area contributed by atoms with Crippen molar-refractivity contribution < 1.29 is 4.79 Å². The number of hydrogen-bond donors (Lipinski definition) is 0. The molecule has 0 atom stereocenters. The molecular formula is C11H10O. The molecule has 0 amide bonds. The van der Waals surface area contributed by atoms with Gasteiger partial charge in [0, 0.05) is 0 Å². The van der Waals surface area contributed by atoms with Gasteiger partial charge in [-0.3, -0.25) is 4.79 Å². The van der Waals surface area contributed by atoms with E-state index in [0.717, 1.165) is 17.4 Å². The maximum Gasteiger partial charge on any atom is 0.143 e. The zero-order valence-electron chi connectivity index (χ0n) is 6.73. The second kappa shape index (κ2) is 4.29. The predicted molar refractivity (Wildman–Crippen MR) is 50.7 cm³/mol. The first kappa shape index (κ1) is 8.47. The van der Waals surface area contributed by atoms with Crippen LogP contribution >= 0.6 is 0 Å². The van der Waals surface area contributed by atoms with E-state index < -0.39 is 0 Å². The molecule has 0 aliphatic carbocycles. The summed E-state index contributed by atoms with van der Waals surface area (Å²) >= 11 is 0. The van der Waals surface area contributed by atoms with E-state index in [1.54, 1.807) is 6.08 Å². The molecule has 0 saturated heterocycles. The van der Waals surface area contributed by atoms with Crippen LogP contribution in [-0.2, 0) is 4.79 Å². The number of hydrogen-bond acceptors (Lipinski definition) is 1. The average molecular weight is 158 g/mol. The lowest BCUT2D eigenvalue weighted by Crippen LogP contribution is -1.79. The maximum atomic E-state index is 10.2. The molecule has 0 bridgehead atoms. The summed E-state index contributed by atoms with van der Waals surface area (Å²) in [7, 11) is 0. The minimum atomic E-state index is 0.768. The van der Waals surface area contributed by atoms with Crippen LogP contribution in [0, 0.1) is 0 Å². The fraction of sp³-hybridized carbons (Fsp3) is 0. The van der Waals surface area contributed by atoms with Gasteiger partial charge in [0.2, 0.25) is 0 Å². The number of benzene rings is 1. The first-order chi connectivity index (χ1) is 5.88. The van der Waals surface area contributed by atoms with Crippen molar-refractivity contribution in [1.29, 1.82) is 0 Å². The third kappa shape index (κ3) is 1.92. The molecule has 1 aromatic carbocycles. The van der Waals surface area contributed by atoms with Crippen LogP contribution in [-0.4, -0.2) is 6.29 Å². The molecule has 0 saturated carbocycles. The number of rotatable bonds is 3. The molecule has 0 unspecified atom stereocenters. The highest BCUT2D eigenvalue weighted by Gasteiger charge is 1.93. The van der Waals surface area contributed by atoms with Crippen molar-refractivity contribution in [3.63, 3.8) is 0 Å². The molecular weight excluding hydrogens is 148 g/mol. The zero-order chi connectivity index (χ0) is 8.81. The molecule has 0 N–H and O–H groups in total. The Bertz CT molecular complexity index is 296. The topological polar surface area (TPSA) is 17.1 Å². The second-order valence-electron chi connectivity index (χ2n) is 2.33. The summed E-state index contributed by atoms with van der Waals surface area (Å²) in [6.07, 6.45) is 3.94. The number of carbonyl (C=O) groups excluding carboxylic acids is 1. The van der Waals surface area contributed by atoms with Crippen molar-refractivity contribution in [2.75, 3.05) is 0 Å². The van der Waals surface area contributed by atoms with Crippen molar-refractivity contribution in [3.05, 3.63) is 54.6 Å². The highest BCUT2D eigenvalue weighted by atomic mass is 16.1. The van der Waals surface area contributed by atoms with Crippen molar-refractivity contribution in [2.45, 2.75) is 0 Å². The number of carbonyl (C=O) groups is 1. The summed E-state index contributed by atoms with van der Waals surface area (Å²) in [6.45, 7) is 3.63. The third-order valence-electron chi connectivity index (χ3n) is 1.57. The normalized spacial score (nSPS) is 10.8. The Morgan fingerprint density at radius 3 is 2.42 bits per heavy atom. The maximum absolute atomic E-state index is 10.2. The highest BCUT2D eigenvalue weighted by Crippen LogP contribution is 2.13. The van der Waals surface area contributed by atoms with E-state index in [0.29, 0.717) is 0 Å². The Hall–Kier alpha value is -1.63. The SMILES string of the molecule is C=CC(=CC=O)c1ccccc1. The van der Waals surface area contributed by atoms with Gasteiger partial charge >= 0.3 is 0 Å². The predicted octanol–water partition coefficient (Wildman–Crippen LogP) is 2.45. The Labute approximate surface area is 72.0 Å². The summed E-state index contributed by atoms with van der Waals surface area (Å²) in [5.74, 6) is 0. The van der Waals surface area contributed by atoms with Gasteiger partial charge in [0.05, 0.1) is 0 Å². The van der Waals surface area contributed by atoms with Crippen LogP contribution in [0.3, 0.4) is 0 Å². The van der Waals surface area contributed by atoms with Crippen molar-refractivity contribution >= 4 is 11.9 Å². The number of aldehydes is 1. The van der Waals surface area contributed by atoms with E-state index in [2.05, 4.69) is 6.58 Å². The largest absolute Gasteiger partial charge is 0.299 e. The minimum absolute atomic E-state index is 0.768. The summed E-state index contributed by atoms with van der Waals surface area (Å²) in [5.41, 5.74) is 1.87. The van der Waals surface area contributed by atoms with E-state index in [-0.39, 0.29) is 0 Å². The van der Waals surface area contributed by atoms with E-state index in [1.807, 2.05) is 30.3 Å². The van der Waals surface area contributed by atoms with E-state index in [9.17, 15) is 4.79 Å². The van der Waals surface area contributed by atoms with Gasteiger partial charge < -0.3 is 0 Å². The summed E-state index contributed by atoms with van der Waals surface area (Å²) in [4.78, 5) is 10.2. The van der Waals surface area contributed by atoms with Gasteiger partial charge in [-0.05, 0) is 17.2 Å². The van der Waals surface area contributed by atoms with Gasteiger partial charge in [-0.1, -0.05) is 43.0 Å². The third-order valence-corrected chi connectivity index (χ3v) is 1.57. The highest BCUT2D eigenvalue weighted by molar-refractivity contribution is 5.85. The molecule has 1 heteroatoms. The molecule has 0 heterocycles. The fourth-order valence-corrected chi connectivity index (χ4v) is 0.986. The lowest BCUT2D eigenvalue weighted by Gasteiger charge is -1.98. The molecule has 0 radical (unpaired) electrons. The van der Waals surface area contributed by atoms with Crippen LogP contribution in [0.1, 0.15) is 5.56 Å². The quantitative estimate of drug-likeness (QED) is 0.375. The average Bonchev–Trinajstić information content (AvgIpc) is 2.15. The standard InChI is InChI=1S/C11H10O/c1-2-10(8-9-12)11-6-4-3-5-7-11/h2-9H,1H2. The van der Waals surface area contributed by atoms with Crippen molar-refractivity contribution in [3.8, 4) is 0 Å². The van der Waals surface area contributed by atoms with Gasteiger partial charge in [0.15, 0.2) is 0 Å². The summed E-state index contributed by atoms with van der Waals surface area (Å²) in [6, 6.07) is 9.67. The summed E-state index contributed by atoms with van der Waals surface area (Å²) in [5, 5.41) is 0. The zero-order valence-corrected chi connectivity index (χ0v) is 6.73. The summed E-state index contributed by atoms with van der Waals surface area (Å²) < 4.78 is 0. The number of allylic oxidation sites excluding steroid dienone is 3. The van der Waals surface area contributed by atoms with E-state index in [1.165, 1.54) is 6.08 Å². The molecule has 0 aromatic heterocycles. The Kier molecular flexibility index (Phi) is 3.03. The van der Waals surface area contributed by atoms with Gasteiger partial charge in [0.1, 0.15) is 6.29 Å². The van der Waals surface area contributed by atoms with Gasteiger partial charge in [-0.15, -0.1) is 0 Å². The molecule has 1 rings (SSSR count). The van der Waals surface area contributed by atoms with Crippen LogP contribution in [0.4, 0.5) is 0 Å². The molecule has 1 nitrogen and oxygen atoms in total. The van der Waals surface area contributed by atoms with Gasteiger partial charge in [-0.25, -0.2) is 0 Å². The molecule has 1 aromatic rings. The molecule has 12 heavy (non-hydrogen) atoms. The van der Waals surface area contributed by atoms with Crippen molar-refractivity contribution in [2.24, 2.45) is 0 Å². The molecule has 60 valence electrons. The lowest BCUT2D eigenvalue weighted by atomic mass is 10.1. The van der Waals surface area contributed by atoms with E-state index in [4.69, 9.17) is 0 Å². The van der Waals surface area contributed by atoms with Crippen LogP contribution in [0.25, 0.3) is 5.57 Å². The molecule has 0 spiro atoms. The smallest absolute Gasteiger partial charge is 0.143 e. The molecule has 0 aliphatic rings. The van der Waals surface area contributed by atoms with Gasteiger partial charge in [-0.2, -0.15) is 0 Å². The Balaban J connectivity index is 3.03.